The van der Waals surface area contributed by atoms with Gasteiger partial charge in [-0.15, -0.1) is 0 Å². The topological polar surface area (TPSA) is 198 Å². The van der Waals surface area contributed by atoms with Crippen LogP contribution in [-0.4, -0.2) is 80.5 Å². The molecule has 1 fully saturated rings. The molecule has 13 heteroatoms. The van der Waals surface area contributed by atoms with Gasteiger partial charge in [-0.2, -0.15) is 4.98 Å². The Bertz CT molecular complexity index is 842. The van der Waals surface area contributed by atoms with Crippen LogP contribution in [0.4, 0.5) is 10.6 Å². The molecule has 0 unspecified atom stereocenters. The summed E-state index contributed by atoms with van der Waals surface area (Å²) >= 11 is 0. The summed E-state index contributed by atoms with van der Waals surface area (Å²) in [5, 5.41) is 34.5. The lowest BCUT2D eigenvalue weighted by Crippen LogP contribution is -2.46. The van der Waals surface area contributed by atoms with Crippen LogP contribution < -0.4 is 22.1 Å². The zero-order valence-electron chi connectivity index (χ0n) is 17.5. The minimum atomic E-state index is -1.85. The van der Waals surface area contributed by atoms with Crippen LogP contribution in [-0.2, 0) is 14.3 Å². The maximum atomic E-state index is 12.3. The first-order chi connectivity index (χ1) is 14.5. The first-order valence-electron chi connectivity index (χ1n) is 9.72. The Hall–Kier alpha value is -2.58. The lowest BCUT2D eigenvalue weighted by atomic mass is 9.96. The highest BCUT2D eigenvalue weighted by molar-refractivity contribution is 5.83. The van der Waals surface area contributed by atoms with Gasteiger partial charge in [-0.25, -0.2) is 9.59 Å². The van der Waals surface area contributed by atoms with E-state index < -0.39 is 48.5 Å². The van der Waals surface area contributed by atoms with Crippen molar-refractivity contribution in [1.29, 1.82) is 0 Å². The van der Waals surface area contributed by atoms with Crippen molar-refractivity contribution in [2.24, 2.45) is 11.7 Å². The van der Waals surface area contributed by atoms with Gasteiger partial charge in [-0.3, -0.25) is 14.7 Å². The van der Waals surface area contributed by atoms with E-state index in [4.69, 9.17) is 15.2 Å². The van der Waals surface area contributed by atoms with Crippen LogP contribution in [0.25, 0.3) is 0 Å². The van der Waals surface area contributed by atoms with Crippen molar-refractivity contribution in [2.75, 3.05) is 25.1 Å². The van der Waals surface area contributed by atoms with E-state index in [1.54, 1.807) is 0 Å². The van der Waals surface area contributed by atoms with Crippen LogP contribution >= 0.6 is 0 Å². The van der Waals surface area contributed by atoms with E-state index in [0.717, 1.165) is 4.57 Å². The van der Waals surface area contributed by atoms with Crippen molar-refractivity contribution >= 4 is 17.8 Å². The third-order valence-electron chi connectivity index (χ3n) is 4.90. The van der Waals surface area contributed by atoms with Crippen LogP contribution in [0.1, 0.15) is 27.0 Å². The molecule has 1 saturated heterocycles. The predicted octanol–water partition coefficient (Wildman–Crippen LogP) is -2.11. The third kappa shape index (κ3) is 5.77. The zero-order chi connectivity index (χ0) is 23.3. The van der Waals surface area contributed by atoms with E-state index in [1.165, 1.54) is 19.2 Å². The van der Waals surface area contributed by atoms with Gasteiger partial charge in [0, 0.05) is 6.20 Å². The summed E-state index contributed by atoms with van der Waals surface area (Å²) in [7, 11) is 0. The van der Waals surface area contributed by atoms with Gasteiger partial charge in [0.1, 0.15) is 30.2 Å². The number of ether oxygens (including phenoxy) is 2. The first-order valence-corrected chi connectivity index (χ1v) is 9.72. The molecule has 0 radical (unpaired) electrons. The van der Waals surface area contributed by atoms with Crippen molar-refractivity contribution in [1.82, 2.24) is 14.9 Å². The largest absolute Gasteiger partial charge is 0.447 e. The molecule has 0 bridgehead atoms. The van der Waals surface area contributed by atoms with Gasteiger partial charge in [-0.1, -0.05) is 13.8 Å². The molecule has 7 N–H and O–H groups in total. The number of nitrogens with one attached hydrogen (secondary N) is 2. The maximum Gasteiger partial charge on any atom is 0.412 e. The van der Waals surface area contributed by atoms with Crippen molar-refractivity contribution in [3.8, 4) is 0 Å². The standard InChI is InChI=1S/C18H29N5O8/c1-9(2)12(19)14(26)20-5-7-30-17(28)22-11-4-6-23(16(27)21-11)15-18(3,29)13(25)10(8-24)31-15/h4,6,9-10,12-13,15,24-25,29H,5,7-8,19H2,1-3H3,(H,20,26)(H,21,22,27,28)/t10-,12+,13-,15-,18-/m1/s1. The van der Waals surface area contributed by atoms with Crippen molar-refractivity contribution in [3.63, 3.8) is 0 Å². The van der Waals surface area contributed by atoms with Crippen LogP contribution in [0.5, 0.6) is 0 Å². The molecule has 0 aliphatic carbocycles. The van der Waals surface area contributed by atoms with Crippen molar-refractivity contribution < 1.29 is 34.4 Å². The third-order valence-corrected chi connectivity index (χ3v) is 4.90. The zero-order valence-corrected chi connectivity index (χ0v) is 17.5. The van der Waals surface area contributed by atoms with Gasteiger partial charge >= 0.3 is 11.8 Å². The number of amides is 2. The number of anilines is 1. The first kappa shape index (κ1) is 24.7. The highest BCUT2D eigenvalue weighted by Gasteiger charge is 2.53. The second-order valence-electron chi connectivity index (χ2n) is 7.70. The molecule has 0 aromatic carbocycles. The van der Waals surface area contributed by atoms with Gasteiger partial charge in [0.15, 0.2) is 6.23 Å². The van der Waals surface area contributed by atoms with Crippen LogP contribution in [0.15, 0.2) is 17.1 Å². The fraction of sp³-hybridized carbons (Fsp3) is 0.667. The molecule has 0 saturated carbocycles. The molecule has 31 heavy (non-hydrogen) atoms. The van der Waals surface area contributed by atoms with Crippen LogP contribution in [0, 0.1) is 5.92 Å². The molecular formula is C18H29N5O8. The van der Waals surface area contributed by atoms with Gasteiger partial charge in [-0.05, 0) is 18.9 Å². The molecule has 174 valence electrons. The van der Waals surface area contributed by atoms with Crippen molar-refractivity contribution in [3.05, 3.63) is 22.7 Å². The van der Waals surface area contributed by atoms with Gasteiger partial charge in [0.25, 0.3) is 0 Å². The molecule has 2 heterocycles. The SMILES string of the molecule is CC(C)[C@H](N)C(=O)NCCOC(=O)Nc1ccn([C@@H]2O[C@H](CO)[C@@H](O)[C@@]2(C)O)c(=O)n1. The monoisotopic (exact) mass is 443 g/mol. The number of aliphatic hydroxyl groups excluding tert-OH is 2. The molecule has 2 rings (SSSR count). The molecule has 1 aliphatic heterocycles. The van der Waals surface area contributed by atoms with Crippen molar-refractivity contribution in [2.45, 2.75) is 50.8 Å². The summed E-state index contributed by atoms with van der Waals surface area (Å²) in [6.45, 7) is 4.26. The normalized spacial score (nSPS) is 26.5. The number of aromatic nitrogens is 2. The number of carbonyl (C=O) groups excluding carboxylic acids is 2. The van der Waals surface area contributed by atoms with Gasteiger partial charge in [0.05, 0.1) is 19.2 Å². The summed E-state index contributed by atoms with van der Waals surface area (Å²) in [6, 6.07) is 0.604. The lowest BCUT2D eigenvalue weighted by molar-refractivity contribution is -0.123. The summed E-state index contributed by atoms with van der Waals surface area (Å²) in [5.41, 5.74) is 2.97. The molecule has 1 aliphatic rings. The number of nitrogens with zero attached hydrogens (tertiary/aromatic N) is 2. The molecule has 5 atom stereocenters. The number of hydrogen-bond donors (Lipinski definition) is 6. The van der Waals surface area contributed by atoms with E-state index in [-0.39, 0.29) is 30.8 Å². The van der Waals surface area contributed by atoms with Crippen LogP contribution in [0.3, 0.4) is 0 Å². The summed E-state index contributed by atoms with van der Waals surface area (Å²) in [5.74, 6) is -0.509. The van der Waals surface area contributed by atoms with E-state index in [9.17, 15) is 29.7 Å². The van der Waals surface area contributed by atoms with Gasteiger partial charge < -0.3 is 35.8 Å². The number of carbonyl (C=O) groups is 2. The highest BCUT2D eigenvalue weighted by atomic mass is 16.6. The van der Waals surface area contributed by atoms with E-state index in [2.05, 4.69) is 15.6 Å². The average Bonchev–Trinajstić information content (AvgIpc) is 2.93. The molecule has 13 nitrogen and oxygen atoms in total. The Kier molecular flexibility index (Phi) is 8.08. The molecule has 0 spiro atoms. The Morgan fingerprint density at radius 3 is 2.68 bits per heavy atom. The summed E-state index contributed by atoms with van der Waals surface area (Å²) in [4.78, 5) is 39.5. The average molecular weight is 443 g/mol. The second-order valence-corrected chi connectivity index (χ2v) is 7.70. The smallest absolute Gasteiger partial charge is 0.412 e. The van der Waals surface area contributed by atoms with Crippen LogP contribution in [0.2, 0.25) is 0 Å². The molecule has 1 aromatic heterocycles. The fourth-order valence-electron chi connectivity index (χ4n) is 2.93. The summed E-state index contributed by atoms with van der Waals surface area (Å²) in [6.07, 6.45) is -3.47. The van der Waals surface area contributed by atoms with E-state index >= 15 is 0 Å². The lowest BCUT2D eigenvalue weighted by Gasteiger charge is -2.27. The maximum absolute atomic E-state index is 12.3. The van der Waals surface area contributed by atoms with E-state index in [0.29, 0.717) is 0 Å². The van der Waals surface area contributed by atoms with E-state index in [1.807, 2.05) is 13.8 Å². The number of aliphatic hydroxyl groups is 3. The molecule has 1 aromatic rings. The number of nitrogens with two attached hydrogens (primary N) is 1. The van der Waals surface area contributed by atoms with Gasteiger partial charge in [0.2, 0.25) is 5.91 Å². The summed E-state index contributed by atoms with van der Waals surface area (Å²) < 4.78 is 11.2. The molecular weight excluding hydrogens is 414 g/mol. The Morgan fingerprint density at radius 1 is 1.45 bits per heavy atom. The minimum Gasteiger partial charge on any atom is -0.447 e. The minimum absolute atomic E-state index is 0.0338. The Morgan fingerprint density at radius 2 is 2.13 bits per heavy atom. The predicted molar refractivity (Wildman–Crippen MR) is 107 cm³/mol. The highest BCUT2D eigenvalue weighted by Crippen LogP contribution is 2.37. The fourth-order valence-corrected chi connectivity index (χ4v) is 2.93. The number of rotatable bonds is 8. The second kappa shape index (κ2) is 10.2. The number of hydrogen-bond acceptors (Lipinski definition) is 10. The quantitative estimate of drug-likeness (QED) is 0.242. The Labute approximate surface area is 178 Å². The molecule has 2 amide bonds. The Balaban J connectivity index is 1.90.